The molecule has 20 heavy (non-hydrogen) atoms. The number of amides is 1. The van der Waals surface area contributed by atoms with Gasteiger partial charge in [0.25, 0.3) is 0 Å². The molecule has 1 rings (SSSR count). The van der Waals surface area contributed by atoms with Crippen molar-refractivity contribution in [1.29, 1.82) is 0 Å². The van der Waals surface area contributed by atoms with Gasteiger partial charge in [-0.1, -0.05) is 6.07 Å². The summed E-state index contributed by atoms with van der Waals surface area (Å²) in [6, 6.07) is 4.05. The summed E-state index contributed by atoms with van der Waals surface area (Å²) in [7, 11) is 0. The fourth-order valence-corrected chi connectivity index (χ4v) is 2.46. The lowest BCUT2D eigenvalue weighted by molar-refractivity contribution is -0.151. The normalized spacial score (nSPS) is 12.2. The average Bonchev–Trinajstić information content (AvgIpc) is 2.80. The number of hydrogen-bond donors (Lipinski definition) is 2. The van der Waals surface area contributed by atoms with E-state index in [4.69, 9.17) is 0 Å². The van der Waals surface area contributed by atoms with Crippen LogP contribution in [0.2, 0.25) is 0 Å². The van der Waals surface area contributed by atoms with E-state index in [2.05, 4.69) is 11.4 Å². The Morgan fingerprint density at radius 1 is 1.30 bits per heavy atom. The van der Waals surface area contributed by atoms with Gasteiger partial charge in [-0.05, 0) is 52.0 Å². The molecule has 1 amide bonds. The molecule has 1 heterocycles. The predicted octanol–water partition coefficient (Wildman–Crippen LogP) is 3.08. The zero-order chi connectivity index (χ0) is 15.4. The summed E-state index contributed by atoms with van der Waals surface area (Å²) in [5.74, 6) is -1.01. The minimum absolute atomic E-state index is 0.0964. The van der Waals surface area contributed by atoms with Crippen molar-refractivity contribution in [2.24, 2.45) is 5.41 Å². The van der Waals surface area contributed by atoms with Crippen LogP contribution in [0.15, 0.2) is 17.5 Å². The number of nitrogens with one attached hydrogen (secondary N) is 1. The summed E-state index contributed by atoms with van der Waals surface area (Å²) in [4.78, 5) is 24.5. The number of carboxylic acids is 1. The van der Waals surface area contributed by atoms with Crippen molar-refractivity contribution >= 4 is 23.2 Å². The van der Waals surface area contributed by atoms with Gasteiger partial charge in [0.15, 0.2) is 0 Å². The predicted molar refractivity (Wildman–Crippen MR) is 80.9 cm³/mol. The fraction of sp³-hybridized carbons (Fsp3) is 0.600. The van der Waals surface area contributed by atoms with Crippen molar-refractivity contribution in [3.63, 3.8) is 0 Å². The molecule has 0 aliphatic rings. The molecule has 2 N–H and O–H groups in total. The van der Waals surface area contributed by atoms with Crippen molar-refractivity contribution in [3.05, 3.63) is 22.4 Å². The molecular weight excluding hydrogens is 274 g/mol. The molecule has 0 spiro atoms. The van der Waals surface area contributed by atoms with Gasteiger partial charge in [0.2, 0.25) is 5.91 Å². The molecule has 0 unspecified atom stereocenters. The van der Waals surface area contributed by atoms with Gasteiger partial charge in [0, 0.05) is 16.8 Å². The number of aryl methyl sites for hydroxylation is 1. The summed E-state index contributed by atoms with van der Waals surface area (Å²) in [5.41, 5.74) is -1.81. The molecule has 0 radical (unpaired) electrons. The second kappa shape index (κ2) is 6.39. The van der Waals surface area contributed by atoms with E-state index in [0.29, 0.717) is 6.42 Å². The topological polar surface area (TPSA) is 66.4 Å². The zero-order valence-corrected chi connectivity index (χ0v) is 13.3. The van der Waals surface area contributed by atoms with Crippen LogP contribution in [0.25, 0.3) is 0 Å². The molecule has 1 aromatic heterocycles. The number of carboxylic acid groups (broad SMARTS) is 1. The quantitative estimate of drug-likeness (QED) is 0.813. The first-order valence-electron chi connectivity index (χ1n) is 6.73. The van der Waals surface area contributed by atoms with Gasteiger partial charge < -0.3 is 10.4 Å². The maximum atomic E-state index is 12.0. The Morgan fingerprint density at radius 2 is 1.95 bits per heavy atom. The molecule has 0 aliphatic carbocycles. The lowest BCUT2D eigenvalue weighted by Crippen LogP contribution is -2.56. The molecule has 0 saturated heterocycles. The van der Waals surface area contributed by atoms with Crippen molar-refractivity contribution < 1.29 is 14.7 Å². The van der Waals surface area contributed by atoms with Crippen LogP contribution in [-0.2, 0) is 16.0 Å². The Bertz CT molecular complexity index is 463. The first kappa shape index (κ1) is 16.7. The molecule has 4 nitrogen and oxygen atoms in total. The largest absolute Gasteiger partial charge is 0.481 e. The minimum atomic E-state index is -1.02. The number of carbonyl (C=O) groups is 2. The van der Waals surface area contributed by atoms with E-state index in [9.17, 15) is 14.7 Å². The third-order valence-corrected chi connectivity index (χ3v) is 4.89. The Hall–Kier alpha value is -1.36. The van der Waals surface area contributed by atoms with Crippen molar-refractivity contribution in [2.75, 3.05) is 0 Å². The fourth-order valence-electron chi connectivity index (χ4n) is 1.71. The smallest absolute Gasteiger partial charge is 0.311 e. The number of carbonyl (C=O) groups excluding carboxylic acids is 1. The summed E-state index contributed by atoms with van der Waals surface area (Å²) < 4.78 is 0. The molecule has 0 aliphatic heterocycles. The van der Waals surface area contributed by atoms with Crippen molar-refractivity contribution in [3.8, 4) is 0 Å². The maximum absolute atomic E-state index is 12.0. The Morgan fingerprint density at radius 3 is 2.45 bits per heavy atom. The Kier molecular flexibility index (Phi) is 5.34. The number of hydrogen-bond acceptors (Lipinski definition) is 3. The molecule has 0 atom stereocenters. The molecule has 0 fully saturated rings. The lowest BCUT2D eigenvalue weighted by atomic mass is 9.74. The van der Waals surface area contributed by atoms with E-state index in [0.717, 1.165) is 12.8 Å². The summed E-state index contributed by atoms with van der Waals surface area (Å²) >= 11 is 1.69. The molecular formula is C15H23NO3S. The zero-order valence-electron chi connectivity index (χ0n) is 12.5. The van der Waals surface area contributed by atoms with Gasteiger partial charge in [0.05, 0.1) is 5.41 Å². The van der Waals surface area contributed by atoms with Crippen LogP contribution in [0.4, 0.5) is 0 Å². The summed E-state index contributed by atoms with van der Waals surface area (Å²) in [5, 5.41) is 14.1. The summed E-state index contributed by atoms with van der Waals surface area (Å²) in [6.07, 6.45) is 2.07. The Balaban J connectivity index is 2.47. The Labute approximate surface area is 124 Å². The van der Waals surface area contributed by atoms with Crippen LogP contribution >= 0.6 is 11.3 Å². The van der Waals surface area contributed by atoms with E-state index in [-0.39, 0.29) is 5.91 Å². The standard InChI is InChI=1S/C15H23NO3S/c1-14(2,13(18)19)15(3,4)16-12(17)9-5-7-11-8-6-10-20-11/h6,8,10H,5,7,9H2,1-4H3,(H,16,17)(H,18,19). The second-order valence-electron chi connectivity index (χ2n) is 6.04. The van der Waals surface area contributed by atoms with E-state index in [1.165, 1.54) is 4.88 Å². The average molecular weight is 297 g/mol. The van der Waals surface area contributed by atoms with Crippen LogP contribution in [0.3, 0.4) is 0 Å². The highest BCUT2D eigenvalue weighted by Crippen LogP contribution is 2.30. The highest BCUT2D eigenvalue weighted by molar-refractivity contribution is 7.09. The lowest BCUT2D eigenvalue weighted by Gasteiger charge is -2.38. The van der Waals surface area contributed by atoms with Gasteiger partial charge in [-0.2, -0.15) is 0 Å². The monoisotopic (exact) mass is 297 g/mol. The number of rotatable bonds is 7. The van der Waals surface area contributed by atoms with Crippen LogP contribution < -0.4 is 5.32 Å². The first-order chi connectivity index (χ1) is 9.17. The second-order valence-corrected chi connectivity index (χ2v) is 7.07. The van der Waals surface area contributed by atoms with Gasteiger partial charge in [-0.25, -0.2) is 0 Å². The van der Waals surface area contributed by atoms with Gasteiger partial charge in [-0.3, -0.25) is 9.59 Å². The van der Waals surface area contributed by atoms with E-state index in [1.807, 2.05) is 11.4 Å². The molecule has 112 valence electrons. The molecule has 1 aromatic rings. The van der Waals surface area contributed by atoms with Crippen LogP contribution in [0.5, 0.6) is 0 Å². The van der Waals surface area contributed by atoms with Crippen molar-refractivity contribution in [2.45, 2.75) is 52.5 Å². The highest BCUT2D eigenvalue weighted by Gasteiger charge is 2.44. The third-order valence-electron chi connectivity index (χ3n) is 3.96. The SMILES string of the molecule is CC(C)(NC(=O)CCCc1cccs1)C(C)(C)C(=O)O. The van der Waals surface area contributed by atoms with Crippen LogP contribution in [-0.4, -0.2) is 22.5 Å². The van der Waals surface area contributed by atoms with Crippen LogP contribution in [0.1, 0.15) is 45.4 Å². The molecule has 0 bridgehead atoms. The number of aliphatic carboxylic acids is 1. The number of thiophene rings is 1. The van der Waals surface area contributed by atoms with Gasteiger partial charge >= 0.3 is 5.97 Å². The first-order valence-corrected chi connectivity index (χ1v) is 7.61. The van der Waals surface area contributed by atoms with Crippen LogP contribution in [0, 0.1) is 5.41 Å². The van der Waals surface area contributed by atoms with E-state index >= 15 is 0 Å². The molecule has 0 saturated carbocycles. The third kappa shape index (κ3) is 4.07. The molecule has 5 heteroatoms. The summed E-state index contributed by atoms with van der Waals surface area (Å²) in [6.45, 7) is 6.75. The van der Waals surface area contributed by atoms with E-state index in [1.54, 1.807) is 39.0 Å². The van der Waals surface area contributed by atoms with Gasteiger partial charge in [-0.15, -0.1) is 11.3 Å². The highest BCUT2D eigenvalue weighted by atomic mass is 32.1. The van der Waals surface area contributed by atoms with E-state index < -0.39 is 16.9 Å². The molecule has 0 aromatic carbocycles. The van der Waals surface area contributed by atoms with Crippen molar-refractivity contribution in [1.82, 2.24) is 5.32 Å². The maximum Gasteiger partial charge on any atom is 0.311 e. The van der Waals surface area contributed by atoms with Gasteiger partial charge in [0.1, 0.15) is 0 Å². The minimum Gasteiger partial charge on any atom is -0.481 e.